The summed E-state index contributed by atoms with van der Waals surface area (Å²) in [6.45, 7) is 1.78. The van der Waals surface area contributed by atoms with E-state index < -0.39 is 16.0 Å². The Morgan fingerprint density at radius 1 is 1.08 bits per heavy atom. The lowest BCUT2D eigenvalue weighted by atomic mass is 10.0. The molecule has 1 saturated carbocycles. The lowest BCUT2D eigenvalue weighted by molar-refractivity contribution is 0.0696. The van der Waals surface area contributed by atoms with Crippen LogP contribution >= 0.6 is 0 Å². The third kappa shape index (κ3) is 4.84. The van der Waals surface area contributed by atoms with Gasteiger partial charge >= 0.3 is 5.97 Å². The summed E-state index contributed by atoms with van der Waals surface area (Å²) >= 11 is 0. The molecule has 1 atom stereocenters. The zero-order valence-electron chi connectivity index (χ0n) is 15.1. The minimum absolute atomic E-state index is 0.0170. The second-order valence-corrected chi connectivity index (χ2v) is 9.15. The van der Waals surface area contributed by atoms with Gasteiger partial charge in [-0.3, -0.25) is 4.90 Å². The van der Waals surface area contributed by atoms with Gasteiger partial charge in [0.1, 0.15) is 0 Å². The maximum absolute atomic E-state index is 12.7. The molecule has 0 amide bonds. The molecule has 6 nitrogen and oxygen atoms in total. The molecular formula is C19H28N2O4S. The molecular weight excluding hydrogens is 352 g/mol. The van der Waals surface area contributed by atoms with E-state index in [9.17, 15) is 13.2 Å². The molecule has 7 heteroatoms. The summed E-state index contributed by atoms with van der Waals surface area (Å²) < 4.78 is 28.2. The van der Waals surface area contributed by atoms with E-state index >= 15 is 0 Å². The van der Waals surface area contributed by atoms with Gasteiger partial charge in [0, 0.05) is 18.6 Å². The Morgan fingerprint density at radius 3 is 2.50 bits per heavy atom. The second kappa shape index (κ2) is 8.50. The Labute approximate surface area is 155 Å². The first kappa shape index (κ1) is 19.3. The quantitative estimate of drug-likeness (QED) is 0.767. The van der Waals surface area contributed by atoms with Crippen LogP contribution in [0, 0.1) is 0 Å². The molecule has 144 valence electrons. The van der Waals surface area contributed by atoms with Gasteiger partial charge in [0.2, 0.25) is 10.0 Å². The van der Waals surface area contributed by atoms with Crippen LogP contribution in [0.15, 0.2) is 29.2 Å². The fourth-order valence-corrected chi connectivity index (χ4v) is 5.45. The average Bonchev–Trinajstić information content (AvgIpc) is 2.91. The normalized spacial score (nSPS) is 23.5. The number of hydrogen-bond donors (Lipinski definition) is 2. The minimum Gasteiger partial charge on any atom is -0.478 e. The van der Waals surface area contributed by atoms with Crippen LogP contribution in [0.25, 0.3) is 0 Å². The molecule has 1 heterocycles. The van der Waals surface area contributed by atoms with Crippen LogP contribution in [0.3, 0.4) is 0 Å². The van der Waals surface area contributed by atoms with Crippen molar-refractivity contribution >= 4 is 16.0 Å². The molecule has 1 aliphatic carbocycles. The highest BCUT2D eigenvalue weighted by Gasteiger charge is 2.29. The average molecular weight is 381 g/mol. The second-order valence-electron chi connectivity index (χ2n) is 7.43. The van der Waals surface area contributed by atoms with Crippen LogP contribution in [0.4, 0.5) is 0 Å². The first-order chi connectivity index (χ1) is 12.5. The number of hydrogen-bond acceptors (Lipinski definition) is 4. The summed E-state index contributed by atoms with van der Waals surface area (Å²) in [4.78, 5) is 13.6. The molecule has 0 unspecified atom stereocenters. The summed E-state index contributed by atoms with van der Waals surface area (Å²) in [6, 6.07) is 5.98. The predicted molar refractivity (Wildman–Crippen MR) is 99.8 cm³/mol. The lowest BCUT2D eigenvalue weighted by Crippen LogP contribution is -2.50. The van der Waals surface area contributed by atoms with E-state index in [1.54, 1.807) is 0 Å². The Hall–Kier alpha value is -1.44. The number of piperidine rings is 1. The molecule has 2 N–H and O–H groups in total. The maximum atomic E-state index is 12.7. The van der Waals surface area contributed by atoms with Crippen molar-refractivity contribution in [2.75, 3.05) is 13.1 Å². The fourth-order valence-electron chi connectivity index (χ4n) is 4.14. The maximum Gasteiger partial charge on any atom is 0.335 e. The highest BCUT2D eigenvalue weighted by Crippen LogP contribution is 2.25. The Morgan fingerprint density at radius 2 is 1.81 bits per heavy atom. The largest absolute Gasteiger partial charge is 0.478 e. The molecule has 1 aromatic carbocycles. The zero-order valence-corrected chi connectivity index (χ0v) is 15.9. The third-order valence-electron chi connectivity index (χ3n) is 5.51. The first-order valence-electron chi connectivity index (χ1n) is 9.55. The molecule has 1 aromatic rings. The standard InChI is InChI=1S/C19H28N2O4S/c22-19(23)15-7-5-11-18(13-15)26(24,25)20-16-8-6-12-21(14-16)17-9-3-1-2-4-10-17/h5,7,11,13,16-17,20H,1-4,6,8-10,12,14H2,(H,22,23)/t16-/m1/s1. The summed E-state index contributed by atoms with van der Waals surface area (Å²) in [5.74, 6) is -1.13. The number of likely N-dealkylation sites (tertiary alicyclic amines) is 1. The van der Waals surface area contributed by atoms with E-state index in [2.05, 4.69) is 9.62 Å². The molecule has 2 aliphatic rings. The van der Waals surface area contributed by atoms with Crippen LogP contribution in [-0.2, 0) is 10.0 Å². The van der Waals surface area contributed by atoms with Gasteiger partial charge in [0.05, 0.1) is 10.5 Å². The molecule has 26 heavy (non-hydrogen) atoms. The van der Waals surface area contributed by atoms with Crippen LogP contribution in [0.5, 0.6) is 0 Å². The van der Waals surface area contributed by atoms with Crippen molar-refractivity contribution in [2.24, 2.45) is 0 Å². The van der Waals surface area contributed by atoms with E-state index in [1.165, 1.54) is 62.8 Å². The molecule has 3 rings (SSSR count). The van der Waals surface area contributed by atoms with Crippen LogP contribution < -0.4 is 4.72 Å². The van der Waals surface area contributed by atoms with Crippen molar-refractivity contribution in [1.29, 1.82) is 0 Å². The van der Waals surface area contributed by atoms with Gasteiger partial charge in [-0.1, -0.05) is 31.7 Å². The highest BCUT2D eigenvalue weighted by atomic mass is 32.2. The molecule has 0 aromatic heterocycles. The predicted octanol–water partition coefficient (Wildman–Crippen LogP) is 2.85. The molecule has 1 saturated heterocycles. The van der Waals surface area contributed by atoms with Crippen molar-refractivity contribution in [3.63, 3.8) is 0 Å². The van der Waals surface area contributed by atoms with Crippen molar-refractivity contribution < 1.29 is 18.3 Å². The Kier molecular flexibility index (Phi) is 6.32. The molecule has 1 aliphatic heterocycles. The summed E-state index contributed by atoms with van der Waals surface area (Å²) in [5, 5.41) is 9.08. The number of carboxylic acids is 1. The van der Waals surface area contributed by atoms with Gasteiger partial charge in [-0.15, -0.1) is 0 Å². The van der Waals surface area contributed by atoms with Gasteiger partial charge in [0.15, 0.2) is 0 Å². The molecule has 0 radical (unpaired) electrons. The Bertz CT molecular complexity index is 727. The number of rotatable bonds is 5. The van der Waals surface area contributed by atoms with Gasteiger partial charge in [0.25, 0.3) is 0 Å². The summed E-state index contributed by atoms with van der Waals surface area (Å²) in [5.41, 5.74) is -0.0170. The van der Waals surface area contributed by atoms with E-state index in [0.29, 0.717) is 6.04 Å². The van der Waals surface area contributed by atoms with Crippen molar-refractivity contribution in [2.45, 2.75) is 68.3 Å². The van der Waals surface area contributed by atoms with Gasteiger partial charge in [-0.25, -0.2) is 17.9 Å². The van der Waals surface area contributed by atoms with E-state index in [1.807, 2.05) is 0 Å². The van der Waals surface area contributed by atoms with E-state index in [0.717, 1.165) is 25.9 Å². The van der Waals surface area contributed by atoms with Gasteiger partial charge < -0.3 is 5.11 Å². The number of aromatic carboxylic acids is 1. The zero-order chi connectivity index (χ0) is 18.6. The SMILES string of the molecule is O=C(O)c1cccc(S(=O)(=O)N[C@@H]2CCCN(C3CCCCCC3)C2)c1. The lowest BCUT2D eigenvalue weighted by Gasteiger charge is -2.38. The molecule has 2 fully saturated rings. The van der Waals surface area contributed by atoms with Crippen molar-refractivity contribution in [3.8, 4) is 0 Å². The fraction of sp³-hybridized carbons (Fsp3) is 0.632. The number of nitrogens with zero attached hydrogens (tertiary/aromatic N) is 1. The van der Waals surface area contributed by atoms with Gasteiger partial charge in [-0.2, -0.15) is 0 Å². The van der Waals surface area contributed by atoms with Crippen LogP contribution in [0.2, 0.25) is 0 Å². The van der Waals surface area contributed by atoms with Crippen molar-refractivity contribution in [3.05, 3.63) is 29.8 Å². The number of sulfonamides is 1. The summed E-state index contributed by atoms with van der Waals surface area (Å²) in [7, 11) is -3.72. The van der Waals surface area contributed by atoms with E-state index in [-0.39, 0.29) is 16.5 Å². The third-order valence-corrected chi connectivity index (χ3v) is 7.03. The minimum atomic E-state index is -3.72. The van der Waals surface area contributed by atoms with Crippen molar-refractivity contribution in [1.82, 2.24) is 9.62 Å². The smallest absolute Gasteiger partial charge is 0.335 e. The molecule has 0 spiro atoms. The number of carboxylic acid groups (broad SMARTS) is 1. The number of carbonyl (C=O) groups is 1. The highest BCUT2D eigenvalue weighted by molar-refractivity contribution is 7.89. The topological polar surface area (TPSA) is 86.7 Å². The van der Waals surface area contributed by atoms with Crippen LogP contribution in [0.1, 0.15) is 61.7 Å². The van der Waals surface area contributed by atoms with Crippen LogP contribution in [-0.4, -0.2) is 49.6 Å². The number of nitrogens with one attached hydrogen (secondary N) is 1. The monoisotopic (exact) mass is 380 g/mol. The van der Waals surface area contributed by atoms with Gasteiger partial charge in [-0.05, 0) is 50.4 Å². The van der Waals surface area contributed by atoms with E-state index in [4.69, 9.17) is 5.11 Å². The molecule has 0 bridgehead atoms. The first-order valence-corrected chi connectivity index (χ1v) is 11.0. The number of benzene rings is 1. The Balaban J connectivity index is 1.67. The summed E-state index contributed by atoms with van der Waals surface area (Å²) in [6.07, 6.45) is 9.36.